The molecule has 2 aromatic rings. The minimum absolute atomic E-state index is 0.554. The Morgan fingerprint density at radius 3 is 2.62 bits per heavy atom. The van der Waals surface area contributed by atoms with Crippen LogP contribution in [0.25, 0.3) is 11.1 Å². The van der Waals surface area contributed by atoms with Gasteiger partial charge in [-0.2, -0.15) is 0 Å². The molecule has 0 bridgehead atoms. The lowest BCUT2D eigenvalue weighted by atomic mass is 9.86. The molecular formula is C18H19ClN2. The van der Waals surface area contributed by atoms with Crippen LogP contribution in [0, 0.1) is 0 Å². The second-order valence-corrected chi connectivity index (χ2v) is 6.34. The van der Waals surface area contributed by atoms with Crippen molar-refractivity contribution >= 4 is 17.3 Å². The van der Waals surface area contributed by atoms with Crippen LogP contribution in [0.2, 0.25) is 5.02 Å². The molecule has 3 heteroatoms. The highest BCUT2D eigenvalue weighted by Crippen LogP contribution is 2.46. The van der Waals surface area contributed by atoms with Gasteiger partial charge in [0.05, 0.1) is 0 Å². The van der Waals surface area contributed by atoms with Gasteiger partial charge in [0.2, 0.25) is 0 Å². The highest BCUT2D eigenvalue weighted by atomic mass is 35.5. The summed E-state index contributed by atoms with van der Waals surface area (Å²) in [5, 5.41) is 8.07. The highest BCUT2D eigenvalue weighted by Gasteiger charge is 2.34. The number of nitrogens with one attached hydrogen (secondary N) is 2. The highest BCUT2D eigenvalue weighted by molar-refractivity contribution is 6.33. The van der Waals surface area contributed by atoms with Gasteiger partial charge in [0, 0.05) is 28.2 Å². The van der Waals surface area contributed by atoms with E-state index in [1.165, 1.54) is 29.7 Å². The number of fused-ring (bicyclic) bond motifs is 3. The summed E-state index contributed by atoms with van der Waals surface area (Å²) in [5.41, 5.74) is 5.19. The average Bonchev–Trinajstić information content (AvgIpc) is 2.70. The quantitative estimate of drug-likeness (QED) is 0.821. The molecule has 1 fully saturated rings. The first kappa shape index (κ1) is 13.2. The van der Waals surface area contributed by atoms with Crippen molar-refractivity contribution in [1.82, 2.24) is 5.32 Å². The van der Waals surface area contributed by atoms with E-state index < -0.39 is 0 Å². The van der Waals surface area contributed by atoms with Crippen LogP contribution in [0.1, 0.15) is 24.3 Å². The molecule has 2 N–H and O–H groups in total. The Labute approximate surface area is 130 Å². The molecule has 108 valence electrons. The zero-order valence-electron chi connectivity index (χ0n) is 11.9. The van der Waals surface area contributed by atoms with E-state index >= 15 is 0 Å². The van der Waals surface area contributed by atoms with Gasteiger partial charge in [-0.1, -0.05) is 41.9 Å². The minimum atomic E-state index is 0.554. The van der Waals surface area contributed by atoms with Gasteiger partial charge in [0.15, 0.2) is 0 Å². The smallest absolute Gasteiger partial charge is 0.0484 e. The van der Waals surface area contributed by atoms with Gasteiger partial charge < -0.3 is 10.6 Å². The van der Waals surface area contributed by atoms with Crippen LogP contribution in [-0.2, 0) is 0 Å². The molecular weight excluding hydrogens is 280 g/mol. The lowest BCUT2D eigenvalue weighted by molar-refractivity contribution is 0.579. The van der Waals surface area contributed by atoms with Gasteiger partial charge >= 0.3 is 0 Å². The van der Waals surface area contributed by atoms with E-state index in [4.69, 9.17) is 11.6 Å². The molecule has 1 saturated heterocycles. The summed E-state index contributed by atoms with van der Waals surface area (Å²) < 4.78 is 0. The molecule has 2 heterocycles. The monoisotopic (exact) mass is 298 g/mol. The van der Waals surface area contributed by atoms with E-state index in [9.17, 15) is 0 Å². The van der Waals surface area contributed by atoms with Crippen molar-refractivity contribution in [3.8, 4) is 11.1 Å². The Morgan fingerprint density at radius 1 is 0.905 bits per heavy atom. The number of hydrogen-bond acceptors (Lipinski definition) is 2. The first-order valence-electron chi connectivity index (χ1n) is 7.69. The SMILES string of the molecule is Clc1ccccc1-c1cccc2c1[C@H]1CCNCC[C@@H]1N2. The molecule has 0 spiro atoms. The van der Waals surface area contributed by atoms with Crippen LogP contribution in [0.15, 0.2) is 42.5 Å². The standard InChI is InChI=1S/C18H19ClN2/c19-15-6-2-1-4-12(15)13-5-3-7-17-18(13)14-8-10-20-11-9-16(14)21-17/h1-7,14,16,20-21H,8-11H2/t14-,16-/m0/s1. The summed E-state index contributed by atoms with van der Waals surface area (Å²) in [7, 11) is 0. The fraction of sp³-hybridized carbons (Fsp3) is 0.333. The number of anilines is 1. The van der Waals surface area contributed by atoms with Crippen molar-refractivity contribution in [2.45, 2.75) is 24.8 Å². The number of halogens is 1. The van der Waals surface area contributed by atoms with Crippen LogP contribution < -0.4 is 10.6 Å². The molecule has 2 aliphatic rings. The van der Waals surface area contributed by atoms with E-state index in [1.54, 1.807) is 0 Å². The molecule has 0 saturated carbocycles. The first-order chi connectivity index (χ1) is 10.3. The largest absolute Gasteiger partial charge is 0.381 e. The van der Waals surface area contributed by atoms with Gasteiger partial charge in [0.25, 0.3) is 0 Å². The van der Waals surface area contributed by atoms with E-state index in [1.807, 2.05) is 12.1 Å². The first-order valence-corrected chi connectivity index (χ1v) is 8.07. The summed E-state index contributed by atoms with van der Waals surface area (Å²) in [6, 6.07) is 15.3. The van der Waals surface area contributed by atoms with Crippen molar-refractivity contribution in [2.75, 3.05) is 18.4 Å². The van der Waals surface area contributed by atoms with Crippen LogP contribution >= 0.6 is 11.6 Å². The van der Waals surface area contributed by atoms with Gasteiger partial charge in [0.1, 0.15) is 0 Å². The number of benzene rings is 2. The predicted molar refractivity (Wildman–Crippen MR) is 89.1 cm³/mol. The molecule has 0 amide bonds. The van der Waals surface area contributed by atoms with Gasteiger partial charge in [-0.15, -0.1) is 0 Å². The Balaban J connectivity index is 1.85. The molecule has 2 atom stereocenters. The molecule has 0 aliphatic carbocycles. The van der Waals surface area contributed by atoms with Crippen LogP contribution in [0.3, 0.4) is 0 Å². The topological polar surface area (TPSA) is 24.1 Å². The summed E-state index contributed by atoms with van der Waals surface area (Å²) in [6.07, 6.45) is 2.37. The zero-order valence-corrected chi connectivity index (χ0v) is 12.7. The second kappa shape index (κ2) is 5.36. The fourth-order valence-corrected chi connectivity index (χ4v) is 4.00. The summed E-state index contributed by atoms with van der Waals surface area (Å²) >= 11 is 6.44. The Morgan fingerprint density at radius 2 is 1.71 bits per heavy atom. The van der Waals surface area contributed by atoms with Crippen molar-refractivity contribution in [1.29, 1.82) is 0 Å². The zero-order chi connectivity index (χ0) is 14.2. The van der Waals surface area contributed by atoms with Crippen molar-refractivity contribution in [3.05, 3.63) is 53.1 Å². The van der Waals surface area contributed by atoms with Crippen LogP contribution in [0.4, 0.5) is 5.69 Å². The molecule has 2 nitrogen and oxygen atoms in total. The van der Waals surface area contributed by atoms with Crippen LogP contribution in [-0.4, -0.2) is 19.1 Å². The van der Waals surface area contributed by atoms with Crippen molar-refractivity contribution in [3.63, 3.8) is 0 Å². The summed E-state index contributed by atoms with van der Waals surface area (Å²) in [4.78, 5) is 0. The van der Waals surface area contributed by atoms with Gasteiger partial charge in [-0.05, 0) is 49.2 Å². The van der Waals surface area contributed by atoms with Crippen molar-refractivity contribution < 1.29 is 0 Å². The molecule has 2 aliphatic heterocycles. The third-order valence-corrected chi connectivity index (χ3v) is 5.06. The number of hydrogen-bond donors (Lipinski definition) is 2. The van der Waals surface area contributed by atoms with E-state index in [0.29, 0.717) is 12.0 Å². The molecule has 2 aromatic carbocycles. The third-order valence-electron chi connectivity index (χ3n) is 4.73. The molecule has 0 aromatic heterocycles. The van der Waals surface area contributed by atoms with Crippen LogP contribution in [0.5, 0.6) is 0 Å². The molecule has 0 radical (unpaired) electrons. The fourth-order valence-electron chi connectivity index (χ4n) is 3.77. The normalized spacial score (nSPS) is 23.9. The average molecular weight is 299 g/mol. The molecule has 4 rings (SSSR count). The molecule has 0 unspecified atom stereocenters. The Bertz CT molecular complexity index is 668. The minimum Gasteiger partial charge on any atom is -0.381 e. The summed E-state index contributed by atoms with van der Waals surface area (Å²) in [6.45, 7) is 2.20. The Hall–Kier alpha value is -1.51. The van der Waals surface area contributed by atoms with E-state index in [2.05, 4.69) is 41.0 Å². The Kier molecular flexibility index (Phi) is 3.36. The van der Waals surface area contributed by atoms with Gasteiger partial charge in [-0.3, -0.25) is 0 Å². The summed E-state index contributed by atoms with van der Waals surface area (Å²) in [5.74, 6) is 0.586. The van der Waals surface area contributed by atoms with E-state index in [-0.39, 0.29) is 0 Å². The maximum atomic E-state index is 6.44. The maximum absolute atomic E-state index is 6.44. The predicted octanol–water partition coefficient (Wildman–Crippen LogP) is 4.27. The van der Waals surface area contributed by atoms with Crippen molar-refractivity contribution in [2.24, 2.45) is 0 Å². The second-order valence-electron chi connectivity index (χ2n) is 5.93. The van der Waals surface area contributed by atoms with E-state index in [0.717, 1.165) is 23.7 Å². The third kappa shape index (κ3) is 2.23. The van der Waals surface area contributed by atoms with Gasteiger partial charge in [-0.25, -0.2) is 0 Å². The molecule has 21 heavy (non-hydrogen) atoms. The lowest BCUT2D eigenvalue weighted by Crippen LogP contribution is -2.21. The number of rotatable bonds is 1. The maximum Gasteiger partial charge on any atom is 0.0484 e. The lowest BCUT2D eigenvalue weighted by Gasteiger charge is -2.18.